The van der Waals surface area contributed by atoms with Crippen molar-refractivity contribution in [2.24, 2.45) is 0 Å². The van der Waals surface area contributed by atoms with Crippen LogP contribution in [0, 0.1) is 0 Å². The second kappa shape index (κ2) is 9.58. The molecule has 1 heterocycles. The molecule has 0 atom stereocenters. The third-order valence-electron chi connectivity index (χ3n) is 9.08. The van der Waals surface area contributed by atoms with Crippen molar-refractivity contribution in [1.29, 1.82) is 0 Å². The van der Waals surface area contributed by atoms with Crippen molar-refractivity contribution in [3.63, 3.8) is 0 Å². The van der Waals surface area contributed by atoms with E-state index in [1.165, 1.54) is 76.6 Å². The molecule has 0 unspecified atom stereocenters. The van der Waals surface area contributed by atoms with Gasteiger partial charge >= 0.3 is 0 Å². The third-order valence-corrected chi connectivity index (χ3v) is 9.08. The fraction of sp³-hybridized carbons (Fsp3) is 0.0476. The maximum atomic E-state index is 6.28. The number of hydrogen-bond donors (Lipinski definition) is 0. The van der Waals surface area contributed by atoms with E-state index in [0.717, 1.165) is 24.2 Å². The zero-order chi connectivity index (χ0) is 28.3. The van der Waals surface area contributed by atoms with E-state index in [1.807, 2.05) is 0 Å². The van der Waals surface area contributed by atoms with E-state index in [0.29, 0.717) is 0 Å². The van der Waals surface area contributed by atoms with E-state index < -0.39 is 0 Å². The summed E-state index contributed by atoms with van der Waals surface area (Å²) in [6.45, 7) is 0. The summed E-state index contributed by atoms with van der Waals surface area (Å²) >= 11 is 0. The molecule has 0 saturated carbocycles. The average Bonchev–Trinajstić information content (AvgIpc) is 3.45. The lowest BCUT2D eigenvalue weighted by molar-refractivity contribution is 0.546. The van der Waals surface area contributed by atoms with Crippen LogP contribution in [0.15, 0.2) is 144 Å². The monoisotopic (exact) mass is 548 g/mol. The Labute approximate surface area is 250 Å². The van der Waals surface area contributed by atoms with Crippen LogP contribution in [-0.4, -0.2) is 0 Å². The van der Waals surface area contributed by atoms with Gasteiger partial charge in [-0.05, 0) is 96.4 Å². The molecule has 0 N–H and O–H groups in total. The highest BCUT2D eigenvalue weighted by molar-refractivity contribution is 6.22. The molecule has 202 valence electrons. The van der Waals surface area contributed by atoms with Gasteiger partial charge in [0.1, 0.15) is 11.3 Å². The second-order valence-electron chi connectivity index (χ2n) is 11.6. The second-order valence-corrected chi connectivity index (χ2v) is 11.6. The van der Waals surface area contributed by atoms with E-state index >= 15 is 0 Å². The Balaban J connectivity index is 1.40. The van der Waals surface area contributed by atoms with Crippen molar-refractivity contribution < 1.29 is 4.42 Å². The predicted octanol–water partition coefficient (Wildman–Crippen LogP) is 11.9. The lowest BCUT2D eigenvalue weighted by Gasteiger charge is -2.19. The molecule has 1 aromatic heterocycles. The van der Waals surface area contributed by atoms with E-state index in [1.54, 1.807) is 0 Å². The topological polar surface area (TPSA) is 13.1 Å². The molecule has 0 bridgehead atoms. The van der Waals surface area contributed by atoms with Crippen molar-refractivity contribution in [3.8, 4) is 33.4 Å². The summed E-state index contributed by atoms with van der Waals surface area (Å²) in [5.74, 6) is 1.10. The van der Waals surface area contributed by atoms with Crippen LogP contribution in [-0.2, 0) is 6.42 Å². The fourth-order valence-corrected chi connectivity index (χ4v) is 7.06. The Bertz CT molecular complexity index is 2390. The highest BCUT2D eigenvalue weighted by Crippen LogP contribution is 2.46. The number of benzene rings is 7. The zero-order valence-corrected chi connectivity index (χ0v) is 23.7. The Morgan fingerprint density at radius 2 is 1.09 bits per heavy atom. The summed E-state index contributed by atoms with van der Waals surface area (Å²) in [7, 11) is 0. The normalized spacial score (nSPS) is 12.8. The van der Waals surface area contributed by atoms with Crippen LogP contribution in [0.3, 0.4) is 0 Å². The van der Waals surface area contributed by atoms with Crippen LogP contribution in [0.4, 0.5) is 0 Å². The summed E-state index contributed by atoms with van der Waals surface area (Å²) in [6, 6.07) is 48.9. The molecule has 7 aromatic carbocycles. The summed E-state index contributed by atoms with van der Waals surface area (Å²) in [6.07, 6.45) is 6.50. The van der Waals surface area contributed by atoms with E-state index in [9.17, 15) is 0 Å². The minimum Gasteiger partial charge on any atom is -0.460 e. The minimum absolute atomic E-state index is 0.963. The van der Waals surface area contributed by atoms with E-state index in [-0.39, 0.29) is 0 Å². The van der Waals surface area contributed by atoms with Crippen LogP contribution >= 0.6 is 0 Å². The van der Waals surface area contributed by atoms with Gasteiger partial charge in [-0.25, -0.2) is 0 Å². The van der Waals surface area contributed by atoms with Gasteiger partial charge in [-0.3, -0.25) is 0 Å². The van der Waals surface area contributed by atoms with Crippen molar-refractivity contribution in [2.75, 3.05) is 0 Å². The summed E-state index contributed by atoms with van der Waals surface area (Å²) in [4.78, 5) is 0. The van der Waals surface area contributed by atoms with Gasteiger partial charge in [0.25, 0.3) is 0 Å². The van der Waals surface area contributed by atoms with Crippen LogP contribution in [0.25, 0.3) is 82.7 Å². The van der Waals surface area contributed by atoms with Crippen molar-refractivity contribution in [3.05, 3.63) is 151 Å². The maximum absolute atomic E-state index is 6.28. The molecule has 0 fully saturated rings. The highest BCUT2D eigenvalue weighted by atomic mass is 16.3. The molecule has 1 nitrogen and oxygen atoms in total. The van der Waals surface area contributed by atoms with Gasteiger partial charge in [0.05, 0.1) is 0 Å². The number of fused-ring (bicyclic) bond motifs is 6. The first-order chi connectivity index (χ1) is 21.3. The molecule has 0 saturated heterocycles. The van der Waals surface area contributed by atoms with Crippen LogP contribution in [0.1, 0.15) is 17.7 Å². The minimum atomic E-state index is 0.963. The maximum Gasteiger partial charge on any atom is 0.134 e. The lowest BCUT2D eigenvalue weighted by atomic mass is 9.84. The Hall–Kier alpha value is -5.40. The van der Waals surface area contributed by atoms with Crippen LogP contribution < -0.4 is 0 Å². The first kappa shape index (κ1) is 24.2. The van der Waals surface area contributed by atoms with Crippen molar-refractivity contribution in [1.82, 2.24) is 0 Å². The molecule has 9 rings (SSSR count). The molecule has 1 aliphatic rings. The Kier molecular flexibility index (Phi) is 5.39. The average molecular weight is 549 g/mol. The third kappa shape index (κ3) is 3.86. The Morgan fingerprint density at radius 3 is 1.95 bits per heavy atom. The molecule has 0 aliphatic heterocycles. The number of allylic oxidation sites excluding steroid dienone is 1. The quantitative estimate of drug-likeness (QED) is 0.200. The van der Waals surface area contributed by atoms with Gasteiger partial charge < -0.3 is 4.42 Å². The van der Waals surface area contributed by atoms with Gasteiger partial charge in [0.15, 0.2) is 0 Å². The number of hydrogen-bond acceptors (Lipinski definition) is 1. The van der Waals surface area contributed by atoms with Crippen LogP contribution in [0.2, 0.25) is 0 Å². The van der Waals surface area contributed by atoms with Gasteiger partial charge in [-0.15, -0.1) is 0 Å². The van der Waals surface area contributed by atoms with Crippen molar-refractivity contribution >= 4 is 49.4 Å². The zero-order valence-electron chi connectivity index (χ0n) is 23.7. The molecule has 0 spiro atoms. The number of aryl methyl sites for hydroxylation is 1. The van der Waals surface area contributed by atoms with E-state index in [2.05, 4.69) is 146 Å². The van der Waals surface area contributed by atoms with Gasteiger partial charge in [0, 0.05) is 17.4 Å². The molecule has 1 aliphatic carbocycles. The predicted molar refractivity (Wildman–Crippen MR) is 182 cm³/mol. The fourth-order valence-electron chi connectivity index (χ4n) is 7.06. The summed E-state index contributed by atoms with van der Waals surface area (Å²) < 4.78 is 6.28. The number of rotatable bonds is 3. The van der Waals surface area contributed by atoms with Gasteiger partial charge in [-0.1, -0.05) is 121 Å². The van der Waals surface area contributed by atoms with Crippen LogP contribution in [0.5, 0.6) is 0 Å². The summed E-state index contributed by atoms with van der Waals surface area (Å²) in [5, 5.41) is 8.75. The van der Waals surface area contributed by atoms with E-state index in [4.69, 9.17) is 4.42 Å². The molecule has 8 aromatic rings. The molecule has 0 amide bonds. The van der Waals surface area contributed by atoms with Gasteiger partial charge in [-0.2, -0.15) is 0 Å². The van der Waals surface area contributed by atoms with Crippen molar-refractivity contribution in [2.45, 2.75) is 12.8 Å². The molecule has 43 heavy (non-hydrogen) atoms. The standard InChI is InChI=1S/C42H28O/c1-2-10-27(11-3-1)30-20-22-36-38(25-30)42(31-19-18-28-12-4-5-13-29(28)24-31)35-16-7-6-15-34(35)41(36)32-21-23-40-37(26-32)33-14-8-9-17-39(33)43-40/h1-8,10-16,18-26H,9,17H2. The lowest BCUT2D eigenvalue weighted by Crippen LogP contribution is -1.92. The van der Waals surface area contributed by atoms with Gasteiger partial charge in [0.2, 0.25) is 0 Å². The first-order valence-corrected chi connectivity index (χ1v) is 15.1. The first-order valence-electron chi connectivity index (χ1n) is 15.1. The highest BCUT2D eigenvalue weighted by Gasteiger charge is 2.20. The summed E-state index contributed by atoms with van der Waals surface area (Å²) in [5.41, 5.74) is 9.65. The number of furan rings is 1. The molecular weight excluding hydrogens is 520 g/mol. The molecule has 0 radical (unpaired) electrons. The molecule has 1 heteroatoms. The SMILES string of the molecule is C1=Cc2c(oc3ccc(-c4c5ccccc5c(-c5ccc6ccccc6c5)c5cc(-c6ccccc6)ccc45)cc23)CC1. The Morgan fingerprint density at radius 1 is 0.442 bits per heavy atom. The smallest absolute Gasteiger partial charge is 0.134 e. The largest absolute Gasteiger partial charge is 0.460 e. The molecular formula is C42H28O.